The molecule has 0 aliphatic heterocycles. The lowest BCUT2D eigenvalue weighted by Crippen LogP contribution is -2.17. The van der Waals surface area contributed by atoms with Gasteiger partial charge < -0.3 is 4.74 Å². The highest BCUT2D eigenvalue weighted by atomic mass is 79.9. The smallest absolute Gasteiger partial charge is 0.271 e. The SMILES string of the molecule is COc1ccc(C(=O)N/N=C/c2ccc(Br)s2)cc1Br. The van der Waals surface area contributed by atoms with E-state index < -0.39 is 0 Å². The van der Waals surface area contributed by atoms with Crippen LogP contribution in [0.25, 0.3) is 0 Å². The summed E-state index contributed by atoms with van der Waals surface area (Å²) < 4.78 is 6.85. The molecule has 104 valence electrons. The molecule has 1 aromatic carbocycles. The van der Waals surface area contributed by atoms with E-state index in [0.717, 1.165) is 13.1 Å². The molecule has 2 rings (SSSR count). The molecule has 0 unspecified atom stereocenters. The predicted octanol–water partition coefficient (Wildman–Crippen LogP) is 4.05. The molecule has 7 heteroatoms. The number of halogens is 2. The summed E-state index contributed by atoms with van der Waals surface area (Å²) in [5.74, 6) is 0.397. The van der Waals surface area contributed by atoms with Crippen LogP contribution >= 0.6 is 43.2 Å². The van der Waals surface area contributed by atoms with E-state index in [1.54, 1.807) is 31.5 Å². The topological polar surface area (TPSA) is 50.7 Å². The summed E-state index contributed by atoms with van der Waals surface area (Å²) in [4.78, 5) is 12.9. The van der Waals surface area contributed by atoms with E-state index in [1.165, 1.54) is 11.3 Å². The number of nitrogens with one attached hydrogen (secondary N) is 1. The molecule has 0 saturated carbocycles. The molecular weight excluding hydrogens is 408 g/mol. The molecule has 2 aromatic rings. The molecule has 0 radical (unpaired) electrons. The molecular formula is C13H10Br2N2O2S. The van der Waals surface area contributed by atoms with Gasteiger partial charge in [-0.1, -0.05) is 0 Å². The molecule has 0 bridgehead atoms. The minimum Gasteiger partial charge on any atom is -0.496 e. The van der Waals surface area contributed by atoms with Gasteiger partial charge in [0.1, 0.15) is 5.75 Å². The number of ether oxygens (including phenoxy) is 1. The lowest BCUT2D eigenvalue weighted by molar-refractivity contribution is 0.0955. The van der Waals surface area contributed by atoms with E-state index in [1.807, 2.05) is 12.1 Å². The Labute approximate surface area is 137 Å². The number of amides is 1. The van der Waals surface area contributed by atoms with Gasteiger partial charge in [0.15, 0.2) is 0 Å². The van der Waals surface area contributed by atoms with E-state index >= 15 is 0 Å². The molecule has 0 atom stereocenters. The van der Waals surface area contributed by atoms with Crippen LogP contribution in [-0.4, -0.2) is 19.2 Å². The Hall–Kier alpha value is -1.18. The van der Waals surface area contributed by atoms with Crippen LogP contribution in [0.1, 0.15) is 15.2 Å². The second-order valence-electron chi connectivity index (χ2n) is 3.69. The number of hydrogen-bond donors (Lipinski definition) is 1. The van der Waals surface area contributed by atoms with Crippen molar-refractivity contribution in [1.82, 2.24) is 5.43 Å². The van der Waals surface area contributed by atoms with Gasteiger partial charge in [-0.05, 0) is 62.2 Å². The van der Waals surface area contributed by atoms with E-state index in [9.17, 15) is 4.79 Å². The van der Waals surface area contributed by atoms with Gasteiger partial charge >= 0.3 is 0 Å². The standard InChI is InChI=1S/C13H10Br2N2O2S/c1-19-11-4-2-8(6-10(11)14)13(18)17-16-7-9-3-5-12(15)20-9/h2-7H,1H3,(H,17,18)/b16-7+. The first-order valence-electron chi connectivity index (χ1n) is 5.52. The van der Waals surface area contributed by atoms with Gasteiger partial charge in [0.25, 0.3) is 5.91 Å². The Balaban J connectivity index is 2.01. The monoisotopic (exact) mass is 416 g/mol. The van der Waals surface area contributed by atoms with Crippen molar-refractivity contribution >= 4 is 55.3 Å². The number of nitrogens with zero attached hydrogens (tertiary/aromatic N) is 1. The number of thiophene rings is 1. The second-order valence-corrected chi connectivity index (χ2v) is 7.04. The molecule has 1 heterocycles. The third kappa shape index (κ3) is 3.91. The van der Waals surface area contributed by atoms with Crippen molar-refractivity contribution in [2.75, 3.05) is 7.11 Å². The highest BCUT2D eigenvalue weighted by Crippen LogP contribution is 2.25. The van der Waals surface area contributed by atoms with Crippen LogP contribution in [0, 0.1) is 0 Å². The van der Waals surface area contributed by atoms with Crippen LogP contribution < -0.4 is 10.2 Å². The summed E-state index contributed by atoms with van der Waals surface area (Å²) in [5, 5.41) is 3.92. The Morgan fingerprint density at radius 2 is 2.15 bits per heavy atom. The van der Waals surface area contributed by atoms with E-state index in [4.69, 9.17) is 4.74 Å². The maximum absolute atomic E-state index is 11.9. The minimum absolute atomic E-state index is 0.278. The Bertz CT molecular complexity index is 656. The fraction of sp³-hybridized carbons (Fsp3) is 0.0769. The number of rotatable bonds is 4. The van der Waals surface area contributed by atoms with Crippen molar-refractivity contribution in [3.05, 3.63) is 49.0 Å². The lowest BCUT2D eigenvalue weighted by Gasteiger charge is -2.05. The normalized spacial score (nSPS) is 10.8. The summed E-state index contributed by atoms with van der Waals surface area (Å²) in [6, 6.07) is 8.92. The average molecular weight is 418 g/mol. The van der Waals surface area contributed by atoms with Crippen molar-refractivity contribution < 1.29 is 9.53 Å². The zero-order chi connectivity index (χ0) is 14.5. The maximum Gasteiger partial charge on any atom is 0.271 e. The maximum atomic E-state index is 11.9. The van der Waals surface area contributed by atoms with Gasteiger partial charge in [-0.15, -0.1) is 11.3 Å². The van der Waals surface area contributed by atoms with Crippen molar-refractivity contribution in [2.45, 2.75) is 0 Å². The Morgan fingerprint density at radius 3 is 2.75 bits per heavy atom. The molecule has 20 heavy (non-hydrogen) atoms. The van der Waals surface area contributed by atoms with Crippen molar-refractivity contribution in [1.29, 1.82) is 0 Å². The quantitative estimate of drug-likeness (QED) is 0.602. The fourth-order valence-corrected chi connectivity index (χ4v) is 3.26. The fourth-order valence-electron chi connectivity index (χ4n) is 1.42. The Kier molecular flexibility index (Phi) is 5.33. The summed E-state index contributed by atoms with van der Waals surface area (Å²) in [5.41, 5.74) is 2.98. The van der Waals surface area contributed by atoms with Crippen molar-refractivity contribution in [2.24, 2.45) is 5.10 Å². The zero-order valence-corrected chi connectivity index (χ0v) is 14.4. The van der Waals surface area contributed by atoms with Gasteiger partial charge in [0.05, 0.1) is 21.6 Å². The third-order valence-electron chi connectivity index (χ3n) is 2.37. The van der Waals surface area contributed by atoms with Crippen molar-refractivity contribution in [3.63, 3.8) is 0 Å². The number of carbonyl (C=O) groups is 1. The average Bonchev–Trinajstić information content (AvgIpc) is 2.84. The van der Waals surface area contributed by atoms with E-state index in [0.29, 0.717) is 11.3 Å². The van der Waals surface area contributed by atoms with Gasteiger partial charge in [-0.2, -0.15) is 5.10 Å². The lowest BCUT2D eigenvalue weighted by atomic mass is 10.2. The summed E-state index contributed by atoms with van der Waals surface area (Å²) >= 11 is 8.23. The number of carbonyl (C=O) groups excluding carboxylic acids is 1. The molecule has 0 aliphatic rings. The molecule has 0 aliphatic carbocycles. The largest absolute Gasteiger partial charge is 0.496 e. The highest BCUT2D eigenvalue weighted by Gasteiger charge is 2.07. The van der Waals surface area contributed by atoms with Gasteiger partial charge in [0, 0.05) is 10.4 Å². The minimum atomic E-state index is -0.278. The molecule has 0 spiro atoms. The first kappa shape index (κ1) is 15.2. The summed E-state index contributed by atoms with van der Waals surface area (Å²) in [6.07, 6.45) is 1.60. The predicted molar refractivity (Wildman–Crippen MR) is 87.8 cm³/mol. The van der Waals surface area contributed by atoms with Crippen LogP contribution in [0.15, 0.2) is 43.7 Å². The number of methoxy groups -OCH3 is 1. The highest BCUT2D eigenvalue weighted by molar-refractivity contribution is 9.11. The number of benzene rings is 1. The second kappa shape index (κ2) is 7.01. The first-order chi connectivity index (χ1) is 9.60. The summed E-state index contributed by atoms with van der Waals surface area (Å²) in [6.45, 7) is 0. The first-order valence-corrected chi connectivity index (χ1v) is 7.92. The van der Waals surface area contributed by atoms with Crippen LogP contribution in [-0.2, 0) is 0 Å². The van der Waals surface area contributed by atoms with Gasteiger partial charge in [0.2, 0.25) is 0 Å². The number of hydrazone groups is 1. The third-order valence-corrected chi connectivity index (χ3v) is 4.54. The van der Waals surface area contributed by atoms with Crippen LogP contribution in [0.5, 0.6) is 5.75 Å². The van der Waals surface area contributed by atoms with Crippen LogP contribution in [0.3, 0.4) is 0 Å². The molecule has 0 saturated heterocycles. The summed E-state index contributed by atoms with van der Waals surface area (Å²) in [7, 11) is 1.57. The molecule has 1 amide bonds. The van der Waals surface area contributed by atoms with E-state index in [2.05, 4.69) is 42.4 Å². The van der Waals surface area contributed by atoms with Crippen LogP contribution in [0.2, 0.25) is 0 Å². The van der Waals surface area contributed by atoms with Gasteiger partial charge in [-0.25, -0.2) is 5.43 Å². The number of hydrogen-bond acceptors (Lipinski definition) is 4. The molecule has 4 nitrogen and oxygen atoms in total. The van der Waals surface area contributed by atoms with Crippen LogP contribution in [0.4, 0.5) is 0 Å². The van der Waals surface area contributed by atoms with Crippen molar-refractivity contribution in [3.8, 4) is 5.75 Å². The molecule has 1 aromatic heterocycles. The Morgan fingerprint density at radius 1 is 1.35 bits per heavy atom. The zero-order valence-electron chi connectivity index (χ0n) is 10.4. The van der Waals surface area contributed by atoms with E-state index in [-0.39, 0.29) is 5.91 Å². The molecule has 1 N–H and O–H groups in total. The van der Waals surface area contributed by atoms with Gasteiger partial charge in [-0.3, -0.25) is 4.79 Å². The molecule has 0 fully saturated rings.